The third-order valence-corrected chi connectivity index (χ3v) is 5.65. The maximum Gasteiger partial charge on any atom is 0.0738 e. The summed E-state index contributed by atoms with van der Waals surface area (Å²) in [5.74, 6) is 0.626. The van der Waals surface area contributed by atoms with Gasteiger partial charge < -0.3 is 10.1 Å². The van der Waals surface area contributed by atoms with Crippen LogP contribution in [0.15, 0.2) is 18.2 Å². The molecule has 0 amide bonds. The molecule has 1 fully saturated rings. The average molecular weight is 309 g/mol. The van der Waals surface area contributed by atoms with Gasteiger partial charge >= 0.3 is 0 Å². The molecule has 0 spiro atoms. The molecule has 0 bridgehead atoms. The molecule has 1 saturated heterocycles. The molecular formula is C17H27NO2S. The summed E-state index contributed by atoms with van der Waals surface area (Å²) in [7, 11) is -0.895. The van der Waals surface area contributed by atoms with Crippen molar-refractivity contribution in [2.45, 2.75) is 50.7 Å². The molecule has 1 N–H and O–H groups in total. The number of aryl methyl sites for hydroxylation is 2. The highest BCUT2D eigenvalue weighted by Gasteiger charge is 2.30. The van der Waals surface area contributed by atoms with Crippen LogP contribution in [0.5, 0.6) is 0 Å². The zero-order valence-corrected chi connectivity index (χ0v) is 14.2. The van der Waals surface area contributed by atoms with Gasteiger partial charge in [0.15, 0.2) is 0 Å². The smallest absolute Gasteiger partial charge is 0.0738 e. The normalized spacial score (nSPS) is 24.0. The SMILES string of the molecule is CCCNC1CCOCC1S(=O)Cc1cc(C)cc(C)c1. The van der Waals surface area contributed by atoms with Crippen LogP contribution in [0.25, 0.3) is 0 Å². The first-order valence-corrected chi connectivity index (χ1v) is 9.24. The van der Waals surface area contributed by atoms with Crippen molar-refractivity contribution in [1.82, 2.24) is 5.32 Å². The molecule has 1 aromatic rings. The summed E-state index contributed by atoms with van der Waals surface area (Å²) in [5.41, 5.74) is 3.65. The summed E-state index contributed by atoms with van der Waals surface area (Å²) in [6.07, 6.45) is 2.07. The first-order chi connectivity index (χ1) is 10.1. The molecule has 1 aromatic carbocycles. The lowest BCUT2D eigenvalue weighted by molar-refractivity contribution is 0.0820. The van der Waals surface area contributed by atoms with Crippen LogP contribution in [0, 0.1) is 13.8 Å². The number of ether oxygens (including phenoxy) is 1. The van der Waals surface area contributed by atoms with Gasteiger partial charge in [0.1, 0.15) is 0 Å². The number of hydrogen-bond acceptors (Lipinski definition) is 3. The molecule has 118 valence electrons. The first kappa shape index (κ1) is 16.7. The number of nitrogens with one attached hydrogen (secondary N) is 1. The third kappa shape index (κ3) is 4.90. The van der Waals surface area contributed by atoms with E-state index in [1.165, 1.54) is 16.7 Å². The van der Waals surface area contributed by atoms with E-state index in [9.17, 15) is 4.21 Å². The minimum atomic E-state index is -0.895. The second kappa shape index (κ2) is 8.06. The van der Waals surface area contributed by atoms with E-state index in [1.807, 2.05) is 0 Å². The van der Waals surface area contributed by atoms with Gasteiger partial charge in [-0.05, 0) is 38.8 Å². The van der Waals surface area contributed by atoms with Crippen LogP contribution in [0.3, 0.4) is 0 Å². The Hall–Kier alpha value is -0.710. The Morgan fingerprint density at radius 2 is 2.00 bits per heavy atom. The molecule has 3 unspecified atom stereocenters. The fraction of sp³-hybridized carbons (Fsp3) is 0.647. The van der Waals surface area contributed by atoms with Crippen LogP contribution in [0.1, 0.15) is 36.5 Å². The van der Waals surface area contributed by atoms with Crippen molar-refractivity contribution in [3.05, 3.63) is 34.9 Å². The van der Waals surface area contributed by atoms with Gasteiger partial charge in [0, 0.05) is 29.2 Å². The fourth-order valence-corrected chi connectivity index (χ4v) is 4.51. The Bertz CT molecular complexity index is 469. The van der Waals surface area contributed by atoms with Crippen molar-refractivity contribution in [3.8, 4) is 0 Å². The Balaban J connectivity index is 2.02. The molecule has 0 radical (unpaired) electrons. The van der Waals surface area contributed by atoms with E-state index in [4.69, 9.17) is 4.74 Å². The quantitative estimate of drug-likeness (QED) is 0.878. The van der Waals surface area contributed by atoms with E-state index in [-0.39, 0.29) is 5.25 Å². The predicted octanol–water partition coefficient (Wildman–Crippen LogP) is 2.71. The molecule has 0 saturated carbocycles. The molecule has 3 atom stereocenters. The van der Waals surface area contributed by atoms with Gasteiger partial charge in [0.25, 0.3) is 0 Å². The van der Waals surface area contributed by atoms with Crippen molar-refractivity contribution < 1.29 is 8.95 Å². The van der Waals surface area contributed by atoms with Gasteiger partial charge in [-0.25, -0.2) is 0 Å². The fourth-order valence-electron chi connectivity index (χ4n) is 2.96. The van der Waals surface area contributed by atoms with E-state index >= 15 is 0 Å². The molecule has 0 aromatic heterocycles. The van der Waals surface area contributed by atoms with Gasteiger partial charge in [-0.15, -0.1) is 0 Å². The Labute approximate surface area is 130 Å². The van der Waals surface area contributed by atoms with Gasteiger partial charge in [0.05, 0.1) is 11.9 Å². The molecule has 1 aliphatic rings. The summed E-state index contributed by atoms with van der Waals surface area (Å²) in [4.78, 5) is 0. The summed E-state index contributed by atoms with van der Waals surface area (Å²) in [5, 5.41) is 3.64. The minimum absolute atomic E-state index is 0.103. The van der Waals surface area contributed by atoms with Gasteiger partial charge in [0.2, 0.25) is 0 Å². The largest absolute Gasteiger partial charge is 0.380 e. The van der Waals surface area contributed by atoms with E-state index in [1.54, 1.807) is 0 Å². The van der Waals surface area contributed by atoms with E-state index < -0.39 is 10.8 Å². The molecule has 4 heteroatoms. The van der Waals surface area contributed by atoms with Gasteiger partial charge in [-0.1, -0.05) is 36.2 Å². The van der Waals surface area contributed by atoms with Crippen LogP contribution in [-0.4, -0.2) is 35.3 Å². The second-order valence-electron chi connectivity index (χ2n) is 5.98. The lowest BCUT2D eigenvalue weighted by Gasteiger charge is -2.31. The number of hydrogen-bond donors (Lipinski definition) is 1. The standard InChI is InChI=1S/C17H27NO2S/c1-4-6-18-16-5-7-20-11-17(16)21(19)12-15-9-13(2)8-14(3)10-15/h8-10,16-18H,4-7,11-12H2,1-3H3. The molecule has 21 heavy (non-hydrogen) atoms. The number of rotatable bonds is 6. The Morgan fingerprint density at radius 1 is 1.29 bits per heavy atom. The highest BCUT2D eigenvalue weighted by molar-refractivity contribution is 7.84. The summed E-state index contributed by atoms with van der Waals surface area (Å²) in [6, 6.07) is 6.76. The molecule has 0 aliphatic carbocycles. The van der Waals surface area contributed by atoms with Crippen LogP contribution < -0.4 is 5.32 Å². The number of benzene rings is 1. The van der Waals surface area contributed by atoms with E-state index in [0.29, 0.717) is 18.4 Å². The van der Waals surface area contributed by atoms with Crippen LogP contribution in [-0.2, 0) is 21.3 Å². The van der Waals surface area contributed by atoms with Crippen LogP contribution in [0.4, 0.5) is 0 Å². The third-order valence-electron chi connectivity index (χ3n) is 3.89. The van der Waals surface area contributed by atoms with Crippen molar-refractivity contribution in [2.75, 3.05) is 19.8 Å². The van der Waals surface area contributed by atoms with Crippen molar-refractivity contribution >= 4 is 10.8 Å². The van der Waals surface area contributed by atoms with Crippen molar-refractivity contribution in [2.24, 2.45) is 0 Å². The lowest BCUT2D eigenvalue weighted by Crippen LogP contribution is -2.49. The van der Waals surface area contributed by atoms with E-state index in [2.05, 4.69) is 44.3 Å². The maximum atomic E-state index is 12.8. The predicted molar refractivity (Wildman–Crippen MR) is 89.1 cm³/mol. The zero-order chi connectivity index (χ0) is 15.2. The molecule has 3 nitrogen and oxygen atoms in total. The minimum Gasteiger partial charge on any atom is -0.380 e. The van der Waals surface area contributed by atoms with Crippen LogP contribution in [0.2, 0.25) is 0 Å². The highest BCUT2D eigenvalue weighted by Crippen LogP contribution is 2.18. The molecule has 2 rings (SSSR count). The molecule has 1 aliphatic heterocycles. The van der Waals surface area contributed by atoms with Crippen molar-refractivity contribution in [1.29, 1.82) is 0 Å². The van der Waals surface area contributed by atoms with Crippen molar-refractivity contribution in [3.63, 3.8) is 0 Å². The Kier molecular flexibility index (Phi) is 6.40. The zero-order valence-electron chi connectivity index (χ0n) is 13.4. The monoisotopic (exact) mass is 309 g/mol. The summed E-state index contributed by atoms with van der Waals surface area (Å²) >= 11 is 0. The molecular weight excluding hydrogens is 282 g/mol. The first-order valence-electron chi connectivity index (χ1n) is 7.85. The maximum absolute atomic E-state index is 12.8. The topological polar surface area (TPSA) is 38.3 Å². The van der Waals surface area contributed by atoms with Gasteiger partial charge in [-0.3, -0.25) is 4.21 Å². The van der Waals surface area contributed by atoms with E-state index in [0.717, 1.165) is 26.0 Å². The Morgan fingerprint density at radius 3 is 2.67 bits per heavy atom. The summed E-state index contributed by atoms with van der Waals surface area (Å²) < 4.78 is 18.3. The molecule has 1 heterocycles. The highest BCUT2D eigenvalue weighted by atomic mass is 32.2. The van der Waals surface area contributed by atoms with Crippen LogP contribution >= 0.6 is 0 Å². The second-order valence-corrected chi connectivity index (χ2v) is 7.64. The lowest BCUT2D eigenvalue weighted by atomic mass is 10.1. The average Bonchev–Trinajstić information content (AvgIpc) is 2.44. The summed E-state index contributed by atoms with van der Waals surface area (Å²) in [6.45, 7) is 8.72. The van der Waals surface area contributed by atoms with Gasteiger partial charge in [-0.2, -0.15) is 0 Å².